The zero-order valence-corrected chi connectivity index (χ0v) is 8.25. The molecule has 0 bridgehead atoms. The Bertz CT molecular complexity index is 382. The second kappa shape index (κ2) is 3.43. The molecule has 1 heterocycles. The van der Waals surface area contributed by atoms with E-state index in [9.17, 15) is 8.42 Å². The van der Waals surface area contributed by atoms with E-state index >= 15 is 0 Å². The van der Waals surface area contributed by atoms with Gasteiger partial charge in [-0.15, -0.1) is 0 Å². The average Bonchev–Trinajstić information content (AvgIpc) is 2.03. The minimum Gasteiger partial charge on any atom is -0.285 e. The zero-order valence-electron chi connectivity index (χ0n) is 7.43. The Morgan fingerprint density at radius 1 is 1.46 bits per heavy atom. The first-order valence-electron chi connectivity index (χ1n) is 3.80. The molecular formula is C8H11NO3S. The molecule has 72 valence electrons. The fourth-order valence-corrected chi connectivity index (χ4v) is 1.38. The minimum absolute atomic E-state index is 0.494. The predicted octanol–water partition coefficient (Wildman–Crippen LogP) is 1.34. The van der Waals surface area contributed by atoms with Crippen molar-refractivity contribution in [3.05, 3.63) is 29.6 Å². The van der Waals surface area contributed by atoms with Crippen LogP contribution in [-0.4, -0.2) is 18.0 Å². The lowest BCUT2D eigenvalue weighted by molar-refractivity contribution is 0.472. The maximum Gasteiger partial charge on any atom is 0.271 e. The molecule has 0 amide bonds. The molecule has 1 aromatic heterocycles. The number of rotatable bonds is 2. The fraction of sp³-hybridized carbons (Fsp3) is 0.375. The maximum atomic E-state index is 10.7. The summed E-state index contributed by atoms with van der Waals surface area (Å²) in [4.78, 5) is 3.94. The van der Waals surface area contributed by atoms with Crippen molar-refractivity contribution in [2.75, 3.05) is 0 Å². The van der Waals surface area contributed by atoms with Crippen LogP contribution >= 0.6 is 0 Å². The van der Waals surface area contributed by atoms with Gasteiger partial charge in [-0.1, -0.05) is 6.07 Å². The van der Waals surface area contributed by atoms with E-state index in [2.05, 4.69) is 4.98 Å². The van der Waals surface area contributed by atoms with Gasteiger partial charge >= 0.3 is 0 Å². The van der Waals surface area contributed by atoms with Crippen LogP contribution in [0.15, 0.2) is 18.3 Å². The Labute approximate surface area is 77.4 Å². The van der Waals surface area contributed by atoms with Crippen LogP contribution in [-0.2, 0) is 10.1 Å². The molecule has 0 fully saturated rings. The van der Waals surface area contributed by atoms with Crippen LogP contribution in [0.1, 0.15) is 23.4 Å². The van der Waals surface area contributed by atoms with E-state index in [0.29, 0.717) is 5.56 Å². The van der Waals surface area contributed by atoms with Gasteiger partial charge in [0.25, 0.3) is 10.1 Å². The Morgan fingerprint density at radius 3 is 2.46 bits per heavy atom. The monoisotopic (exact) mass is 201 g/mol. The quantitative estimate of drug-likeness (QED) is 0.733. The summed E-state index contributed by atoms with van der Waals surface area (Å²) in [5, 5.41) is -0.916. The SMILES string of the molecule is Cc1ccc(C(C)S(=O)(=O)O)cn1. The molecule has 1 N–H and O–H groups in total. The minimum atomic E-state index is -4.01. The number of aryl methyl sites for hydroxylation is 1. The molecule has 5 heteroatoms. The third-order valence-corrected chi connectivity index (χ3v) is 3.02. The highest BCUT2D eigenvalue weighted by molar-refractivity contribution is 7.86. The summed E-state index contributed by atoms with van der Waals surface area (Å²) in [5.74, 6) is 0. The van der Waals surface area contributed by atoms with Crippen molar-refractivity contribution in [3.63, 3.8) is 0 Å². The summed E-state index contributed by atoms with van der Waals surface area (Å²) in [5.41, 5.74) is 1.30. The Kier molecular flexibility index (Phi) is 2.68. The first-order chi connectivity index (χ1) is 5.91. The predicted molar refractivity (Wildman–Crippen MR) is 48.9 cm³/mol. The second-order valence-corrected chi connectivity index (χ2v) is 4.63. The molecule has 1 rings (SSSR count). The summed E-state index contributed by atoms with van der Waals surface area (Å²) >= 11 is 0. The fourth-order valence-electron chi connectivity index (χ4n) is 0.892. The van der Waals surface area contributed by atoms with E-state index in [4.69, 9.17) is 4.55 Å². The summed E-state index contributed by atoms with van der Waals surface area (Å²) in [6, 6.07) is 3.35. The van der Waals surface area contributed by atoms with Gasteiger partial charge in [0, 0.05) is 11.9 Å². The highest BCUT2D eigenvalue weighted by Crippen LogP contribution is 2.19. The lowest BCUT2D eigenvalue weighted by atomic mass is 10.2. The molecule has 1 unspecified atom stereocenters. The van der Waals surface area contributed by atoms with Crippen molar-refractivity contribution >= 4 is 10.1 Å². The summed E-state index contributed by atoms with van der Waals surface area (Å²) < 4.78 is 30.2. The summed E-state index contributed by atoms with van der Waals surface area (Å²) in [6.45, 7) is 3.23. The highest BCUT2D eigenvalue weighted by atomic mass is 32.2. The topological polar surface area (TPSA) is 67.3 Å². The third-order valence-electron chi connectivity index (χ3n) is 1.85. The van der Waals surface area contributed by atoms with Crippen LogP contribution < -0.4 is 0 Å². The molecule has 0 radical (unpaired) electrons. The number of nitrogens with zero attached hydrogens (tertiary/aromatic N) is 1. The molecule has 0 saturated heterocycles. The molecule has 0 aliphatic carbocycles. The van der Waals surface area contributed by atoms with Crippen LogP contribution in [0.4, 0.5) is 0 Å². The Hall–Kier alpha value is -0.940. The molecule has 1 atom stereocenters. The van der Waals surface area contributed by atoms with Crippen LogP contribution in [0.2, 0.25) is 0 Å². The molecule has 0 spiro atoms. The highest BCUT2D eigenvalue weighted by Gasteiger charge is 2.19. The lowest BCUT2D eigenvalue weighted by Crippen LogP contribution is -2.08. The van der Waals surface area contributed by atoms with E-state index in [0.717, 1.165) is 5.69 Å². The first-order valence-corrected chi connectivity index (χ1v) is 5.30. The molecule has 1 aromatic rings. The van der Waals surface area contributed by atoms with Gasteiger partial charge in [-0.3, -0.25) is 9.54 Å². The van der Waals surface area contributed by atoms with Crippen LogP contribution in [0.3, 0.4) is 0 Å². The lowest BCUT2D eigenvalue weighted by Gasteiger charge is -2.07. The number of pyridine rings is 1. The van der Waals surface area contributed by atoms with Crippen LogP contribution in [0, 0.1) is 6.92 Å². The first kappa shape index (κ1) is 10.1. The average molecular weight is 201 g/mol. The van der Waals surface area contributed by atoms with Gasteiger partial charge in [0.2, 0.25) is 0 Å². The van der Waals surface area contributed by atoms with Crippen molar-refractivity contribution in [1.29, 1.82) is 0 Å². The van der Waals surface area contributed by atoms with E-state index in [-0.39, 0.29) is 0 Å². The van der Waals surface area contributed by atoms with Crippen molar-refractivity contribution in [2.24, 2.45) is 0 Å². The summed E-state index contributed by atoms with van der Waals surface area (Å²) in [6.07, 6.45) is 1.45. The van der Waals surface area contributed by atoms with Crippen molar-refractivity contribution in [2.45, 2.75) is 19.1 Å². The smallest absolute Gasteiger partial charge is 0.271 e. The van der Waals surface area contributed by atoms with E-state index in [1.165, 1.54) is 13.1 Å². The second-order valence-electron chi connectivity index (χ2n) is 2.89. The number of aromatic nitrogens is 1. The molecule has 0 aliphatic rings. The zero-order chi connectivity index (χ0) is 10.1. The van der Waals surface area contributed by atoms with Gasteiger partial charge in [-0.25, -0.2) is 0 Å². The van der Waals surface area contributed by atoms with E-state index in [1.54, 1.807) is 12.1 Å². The largest absolute Gasteiger partial charge is 0.285 e. The standard InChI is InChI=1S/C8H11NO3S/c1-6-3-4-8(5-9-6)7(2)13(10,11)12/h3-5,7H,1-2H3,(H,10,11,12). The summed E-state index contributed by atoms with van der Waals surface area (Å²) in [7, 11) is -4.01. The van der Waals surface area contributed by atoms with Crippen molar-refractivity contribution in [1.82, 2.24) is 4.98 Å². The van der Waals surface area contributed by atoms with E-state index in [1.807, 2.05) is 6.92 Å². The molecule has 0 saturated carbocycles. The van der Waals surface area contributed by atoms with Gasteiger partial charge < -0.3 is 0 Å². The normalized spacial score (nSPS) is 14.1. The third kappa shape index (κ3) is 2.50. The van der Waals surface area contributed by atoms with Gasteiger partial charge in [0.1, 0.15) is 5.25 Å². The van der Waals surface area contributed by atoms with Gasteiger partial charge in [0.05, 0.1) is 0 Å². The van der Waals surface area contributed by atoms with Gasteiger partial charge in [-0.05, 0) is 25.5 Å². The molecule has 0 aromatic carbocycles. The Morgan fingerprint density at radius 2 is 2.08 bits per heavy atom. The number of hydrogen-bond acceptors (Lipinski definition) is 3. The molecule has 4 nitrogen and oxygen atoms in total. The Balaban J connectivity index is 3.04. The molecular weight excluding hydrogens is 190 g/mol. The van der Waals surface area contributed by atoms with Crippen LogP contribution in [0.5, 0.6) is 0 Å². The van der Waals surface area contributed by atoms with Gasteiger partial charge in [-0.2, -0.15) is 8.42 Å². The van der Waals surface area contributed by atoms with E-state index < -0.39 is 15.4 Å². The number of hydrogen-bond donors (Lipinski definition) is 1. The van der Waals surface area contributed by atoms with Crippen LogP contribution in [0.25, 0.3) is 0 Å². The van der Waals surface area contributed by atoms with Crippen molar-refractivity contribution in [3.8, 4) is 0 Å². The maximum absolute atomic E-state index is 10.7. The van der Waals surface area contributed by atoms with Gasteiger partial charge in [0.15, 0.2) is 0 Å². The molecule has 0 aliphatic heterocycles. The molecule has 13 heavy (non-hydrogen) atoms. The van der Waals surface area contributed by atoms with Crippen molar-refractivity contribution < 1.29 is 13.0 Å².